The van der Waals surface area contributed by atoms with E-state index in [-0.39, 0.29) is 12.0 Å². The molecule has 0 fully saturated rings. The highest BCUT2D eigenvalue weighted by Crippen LogP contribution is 2.29. The van der Waals surface area contributed by atoms with Crippen molar-refractivity contribution >= 4 is 38.5 Å². The molecule has 0 unspecified atom stereocenters. The lowest BCUT2D eigenvalue weighted by molar-refractivity contribution is 0.150. The van der Waals surface area contributed by atoms with Gasteiger partial charge in [-0.15, -0.1) is 0 Å². The Morgan fingerprint density at radius 2 is 2.27 bits per heavy atom. The standard InChI is InChI=1S/C9H6BrF2IN2/c10-3-5-6(9(11)12)4-15-7(1-2-14)8(5)13/h4,9H,1,3H2. The Hall–Kier alpha value is -0.290. The molecule has 6 heteroatoms. The number of rotatable bonds is 3. The van der Waals surface area contributed by atoms with Gasteiger partial charge in [0.1, 0.15) is 0 Å². The molecule has 15 heavy (non-hydrogen) atoms. The summed E-state index contributed by atoms with van der Waals surface area (Å²) >= 11 is 5.11. The smallest absolute Gasteiger partial charge is 0.259 e. The average Bonchev–Trinajstić information content (AvgIpc) is 2.20. The number of nitriles is 1. The number of pyridine rings is 1. The van der Waals surface area contributed by atoms with E-state index in [0.717, 1.165) is 6.20 Å². The van der Waals surface area contributed by atoms with Crippen LogP contribution in [0, 0.1) is 14.9 Å². The molecule has 0 aliphatic heterocycles. The van der Waals surface area contributed by atoms with E-state index in [9.17, 15) is 8.78 Å². The third-order valence-electron chi connectivity index (χ3n) is 1.84. The summed E-state index contributed by atoms with van der Waals surface area (Å²) in [6, 6.07) is 1.95. The topological polar surface area (TPSA) is 36.7 Å². The second-order valence-electron chi connectivity index (χ2n) is 2.72. The molecule has 0 aliphatic carbocycles. The first-order valence-corrected chi connectivity index (χ1v) is 6.19. The zero-order valence-electron chi connectivity index (χ0n) is 7.48. The molecule has 1 heterocycles. The third-order valence-corrected chi connectivity index (χ3v) is 3.68. The van der Waals surface area contributed by atoms with Gasteiger partial charge in [-0.2, -0.15) is 5.26 Å². The lowest BCUT2D eigenvalue weighted by Gasteiger charge is -2.10. The molecular weight excluding hydrogens is 381 g/mol. The second-order valence-corrected chi connectivity index (χ2v) is 4.36. The van der Waals surface area contributed by atoms with Gasteiger partial charge in [0.05, 0.1) is 18.2 Å². The summed E-state index contributed by atoms with van der Waals surface area (Å²) in [4.78, 5) is 3.87. The van der Waals surface area contributed by atoms with Crippen molar-refractivity contribution in [3.05, 3.63) is 26.6 Å². The number of aromatic nitrogens is 1. The maximum Gasteiger partial charge on any atom is 0.265 e. The van der Waals surface area contributed by atoms with Crippen LogP contribution in [-0.4, -0.2) is 4.98 Å². The largest absolute Gasteiger partial charge is 0.265 e. The molecule has 1 aromatic heterocycles. The van der Waals surface area contributed by atoms with Crippen LogP contribution in [0.1, 0.15) is 23.2 Å². The minimum atomic E-state index is -2.53. The number of nitrogens with zero attached hydrogens (tertiary/aromatic N) is 2. The zero-order valence-corrected chi connectivity index (χ0v) is 11.2. The Kier molecular flexibility index (Phi) is 4.86. The fourth-order valence-electron chi connectivity index (χ4n) is 1.10. The summed E-state index contributed by atoms with van der Waals surface area (Å²) in [6.45, 7) is 0. The van der Waals surface area contributed by atoms with Crippen LogP contribution < -0.4 is 0 Å². The summed E-state index contributed by atoms with van der Waals surface area (Å²) in [7, 11) is 0. The van der Waals surface area contributed by atoms with Gasteiger partial charge in [-0.25, -0.2) is 8.78 Å². The summed E-state index contributed by atoms with van der Waals surface area (Å²) < 4.78 is 25.8. The molecule has 0 aliphatic rings. The number of hydrogen-bond donors (Lipinski definition) is 0. The van der Waals surface area contributed by atoms with Gasteiger partial charge in [-0.05, 0) is 28.2 Å². The zero-order chi connectivity index (χ0) is 11.4. The first kappa shape index (κ1) is 12.8. The minimum Gasteiger partial charge on any atom is -0.259 e. The van der Waals surface area contributed by atoms with Crippen LogP contribution in [0.5, 0.6) is 0 Å². The molecule has 0 amide bonds. The van der Waals surface area contributed by atoms with Gasteiger partial charge in [0, 0.05) is 20.7 Å². The normalized spacial score (nSPS) is 10.4. The summed E-state index contributed by atoms with van der Waals surface area (Å²) in [5, 5.41) is 8.87. The fourth-order valence-corrected chi connectivity index (χ4v) is 3.07. The molecule has 1 rings (SSSR count). The highest BCUT2D eigenvalue weighted by atomic mass is 127. The van der Waals surface area contributed by atoms with E-state index < -0.39 is 6.43 Å². The van der Waals surface area contributed by atoms with E-state index in [4.69, 9.17) is 5.26 Å². The quantitative estimate of drug-likeness (QED) is 0.588. The summed E-state index contributed by atoms with van der Waals surface area (Å²) in [5.41, 5.74) is 1.00. The highest BCUT2D eigenvalue weighted by Gasteiger charge is 2.17. The Morgan fingerprint density at radius 1 is 1.60 bits per heavy atom. The predicted molar refractivity (Wildman–Crippen MR) is 63.9 cm³/mol. The van der Waals surface area contributed by atoms with Gasteiger partial charge in [0.15, 0.2) is 0 Å². The lowest BCUT2D eigenvalue weighted by Crippen LogP contribution is -2.03. The van der Waals surface area contributed by atoms with Gasteiger partial charge in [-0.3, -0.25) is 4.98 Å². The van der Waals surface area contributed by atoms with E-state index in [0.29, 0.717) is 20.2 Å². The first-order chi connectivity index (χ1) is 7.11. The van der Waals surface area contributed by atoms with Crippen molar-refractivity contribution in [1.82, 2.24) is 4.98 Å². The molecule has 2 nitrogen and oxygen atoms in total. The molecule has 0 spiro atoms. The van der Waals surface area contributed by atoms with Crippen LogP contribution in [0.25, 0.3) is 0 Å². The Bertz CT molecular complexity index is 404. The van der Waals surface area contributed by atoms with Gasteiger partial charge in [0.25, 0.3) is 6.43 Å². The SMILES string of the molecule is N#CCc1ncc(C(F)F)c(CBr)c1I. The van der Waals surface area contributed by atoms with E-state index >= 15 is 0 Å². The number of alkyl halides is 3. The second kappa shape index (κ2) is 5.70. The van der Waals surface area contributed by atoms with Crippen LogP contribution in [0.15, 0.2) is 6.20 Å². The van der Waals surface area contributed by atoms with Crippen molar-refractivity contribution in [3.63, 3.8) is 0 Å². The van der Waals surface area contributed by atoms with Crippen molar-refractivity contribution in [3.8, 4) is 6.07 Å². The molecule has 0 radical (unpaired) electrons. The maximum atomic E-state index is 12.6. The summed E-state index contributed by atoms with van der Waals surface area (Å²) in [5.74, 6) is 0. The van der Waals surface area contributed by atoms with Gasteiger partial charge >= 0.3 is 0 Å². The van der Waals surface area contributed by atoms with Crippen molar-refractivity contribution in [2.45, 2.75) is 18.2 Å². The van der Waals surface area contributed by atoms with Crippen molar-refractivity contribution < 1.29 is 8.78 Å². The predicted octanol–water partition coefficient (Wildman–Crippen LogP) is 3.58. The van der Waals surface area contributed by atoms with Crippen LogP contribution in [0.3, 0.4) is 0 Å². The lowest BCUT2D eigenvalue weighted by atomic mass is 10.1. The third kappa shape index (κ3) is 2.84. The Balaban J connectivity index is 3.27. The van der Waals surface area contributed by atoms with Crippen LogP contribution in [-0.2, 0) is 11.8 Å². The Morgan fingerprint density at radius 3 is 2.73 bits per heavy atom. The van der Waals surface area contributed by atoms with Crippen molar-refractivity contribution in [1.29, 1.82) is 5.26 Å². The molecule has 0 N–H and O–H groups in total. The molecule has 0 aromatic carbocycles. The van der Waals surface area contributed by atoms with Crippen molar-refractivity contribution in [2.24, 2.45) is 0 Å². The molecular formula is C9H6BrF2IN2. The van der Waals surface area contributed by atoms with Gasteiger partial charge in [-0.1, -0.05) is 15.9 Å². The van der Waals surface area contributed by atoms with E-state index in [1.54, 1.807) is 0 Å². The minimum absolute atomic E-state index is 0.0713. The molecule has 1 aromatic rings. The molecule has 0 atom stereocenters. The first-order valence-electron chi connectivity index (χ1n) is 3.99. The van der Waals surface area contributed by atoms with E-state index in [1.807, 2.05) is 28.7 Å². The van der Waals surface area contributed by atoms with E-state index in [2.05, 4.69) is 20.9 Å². The molecule has 0 saturated carbocycles. The summed E-state index contributed by atoms with van der Waals surface area (Å²) in [6.07, 6.45) is -1.24. The molecule has 0 bridgehead atoms. The highest BCUT2D eigenvalue weighted by molar-refractivity contribution is 14.1. The van der Waals surface area contributed by atoms with Gasteiger partial charge < -0.3 is 0 Å². The van der Waals surface area contributed by atoms with Crippen LogP contribution >= 0.6 is 38.5 Å². The monoisotopic (exact) mass is 386 g/mol. The van der Waals surface area contributed by atoms with Crippen LogP contribution in [0.2, 0.25) is 0 Å². The van der Waals surface area contributed by atoms with Crippen LogP contribution in [0.4, 0.5) is 8.78 Å². The maximum absolute atomic E-state index is 12.6. The van der Waals surface area contributed by atoms with Crippen molar-refractivity contribution in [2.75, 3.05) is 0 Å². The Labute approximate surface area is 108 Å². The van der Waals surface area contributed by atoms with Gasteiger partial charge in [0.2, 0.25) is 0 Å². The fraction of sp³-hybridized carbons (Fsp3) is 0.333. The average molecular weight is 387 g/mol. The molecule has 0 saturated heterocycles. The molecule has 80 valence electrons. The number of hydrogen-bond acceptors (Lipinski definition) is 2. The number of halogens is 4. The van der Waals surface area contributed by atoms with E-state index in [1.165, 1.54) is 0 Å².